The van der Waals surface area contributed by atoms with Crippen molar-refractivity contribution in [2.45, 2.75) is 26.2 Å². The van der Waals surface area contributed by atoms with Gasteiger partial charge in [-0.05, 0) is 31.5 Å². The van der Waals surface area contributed by atoms with Gasteiger partial charge in [0.15, 0.2) is 0 Å². The standard InChI is InChI=1S/C22H21N3OS/c1-15-3-7-17(8-4-15)19-11-21(26)25-13-24(14-27-22(25)20(19)12-23)18-9-5-16(2)6-10-18/h3-10,19H,11,13-14H2,1-2H3/t19-/m0/s1. The Bertz CT molecular complexity index is 941. The summed E-state index contributed by atoms with van der Waals surface area (Å²) in [7, 11) is 0. The summed E-state index contributed by atoms with van der Waals surface area (Å²) in [5, 5.41) is 10.7. The molecule has 0 unspecified atom stereocenters. The van der Waals surface area contributed by atoms with Crippen molar-refractivity contribution < 1.29 is 4.79 Å². The topological polar surface area (TPSA) is 47.3 Å². The fraction of sp³-hybridized carbons (Fsp3) is 0.273. The molecule has 5 heteroatoms. The van der Waals surface area contributed by atoms with Crippen LogP contribution in [0.3, 0.4) is 0 Å². The van der Waals surface area contributed by atoms with Crippen LogP contribution in [0.4, 0.5) is 5.69 Å². The molecule has 2 aromatic carbocycles. The summed E-state index contributed by atoms with van der Waals surface area (Å²) < 4.78 is 0. The lowest BCUT2D eigenvalue weighted by molar-refractivity contribution is -0.129. The van der Waals surface area contributed by atoms with Crippen LogP contribution in [0, 0.1) is 25.2 Å². The summed E-state index contributed by atoms with van der Waals surface area (Å²) in [5.74, 6) is 0.667. The molecule has 0 N–H and O–H groups in total. The third-order valence-corrected chi connectivity index (χ3v) is 6.33. The van der Waals surface area contributed by atoms with E-state index in [1.807, 2.05) is 31.2 Å². The Balaban J connectivity index is 1.65. The largest absolute Gasteiger partial charge is 0.344 e. The second-order valence-corrected chi connectivity index (χ2v) is 8.04. The molecule has 4 nitrogen and oxygen atoms in total. The number of allylic oxidation sites excluding steroid dienone is 1. The predicted octanol–water partition coefficient (Wildman–Crippen LogP) is 4.52. The van der Waals surface area contributed by atoms with Crippen molar-refractivity contribution >= 4 is 23.4 Å². The number of rotatable bonds is 2. The van der Waals surface area contributed by atoms with Crippen LogP contribution in [0.25, 0.3) is 0 Å². The SMILES string of the molecule is Cc1ccc([C@@H]2CC(=O)N3CN(c4ccc(C)cc4)CSC3=C2C#N)cc1. The highest BCUT2D eigenvalue weighted by Crippen LogP contribution is 2.43. The highest BCUT2D eigenvalue weighted by molar-refractivity contribution is 8.03. The molecule has 136 valence electrons. The first kappa shape index (κ1) is 17.7. The zero-order valence-corrected chi connectivity index (χ0v) is 16.3. The molecule has 0 bridgehead atoms. The normalized spacial score (nSPS) is 19.7. The second-order valence-electron chi connectivity index (χ2n) is 7.11. The van der Waals surface area contributed by atoms with E-state index in [0.717, 1.165) is 22.2 Å². The first-order valence-corrected chi connectivity index (χ1v) is 10.0. The monoisotopic (exact) mass is 375 g/mol. The average Bonchev–Trinajstić information content (AvgIpc) is 2.69. The maximum absolute atomic E-state index is 12.9. The molecule has 0 saturated carbocycles. The third kappa shape index (κ3) is 3.33. The number of carbonyl (C=O) groups is 1. The maximum atomic E-state index is 12.9. The van der Waals surface area contributed by atoms with Gasteiger partial charge in [-0.3, -0.25) is 9.69 Å². The fourth-order valence-electron chi connectivity index (χ4n) is 3.56. The van der Waals surface area contributed by atoms with E-state index in [-0.39, 0.29) is 11.8 Å². The van der Waals surface area contributed by atoms with Crippen LogP contribution in [0.15, 0.2) is 59.1 Å². The van der Waals surface area contributed by atoms with E-state index in [1.165, 1.54) is 11.1 Å². The van der Waals surface area contributed by atoms with Crippen LogP contribution in [0.2, 0.25) is 0 Å². The van der Waals surface area contributed by atoms with Gasteiger partial charge in [-0.2, -0.15) is 5.26 Å². The molecule has 2 aromatic rings. The number of anilines is 1. The first-order valence-electron chi connectivity index (χ1n) is 9.02. The van der Waals surface area contributed by atoms with Crippen molar-refractivity contribution in [2.24, 2.45) is 0 Å². The molecule has 0 radical (unpaired) electrons. The van der Waals surface area contributed by atoms with Gasteiger partial charge >= 0.3 is 0 Å². The van der Waals surface area contributed by atoms with E-state index in [0.29, 0.717) is 18.7 Å². The molecule has 4 rings (SSSR count). The number of carbonyl (C=O) groups excluding carboxylic acids is 1. The summed E-state index contributed by atoms with van der Waals surface area (Å²) in [6, 6.07) is 18.9. The number of amides is 1. The minimum Gasteiger partial charge on any atom is -0.344 e. The van der Waals surface area contributed by atoms with Gasteiger partial charge in [0, 0.05) is 18.0 Å². The lowest BCUT2D eigenvalue weighted by atomic mass is 9.86. The maximum Gasteiger partial charge on any atom is 0.229 e. The Morgan fingerprint density at radius 3 is 2.30 bits per heavy atom. The van der Waals surface area contributed by atoms with Crippen molar-refractivity contribution in [3.8, 4) is 6.07 Å². The molecule has 1 amide bonds. The Labute approximate surface area is 164 Å². The van der Waals surface area contributed by atoms with E-state index in [2.05, 4.69) is 42.2 Å². The summed E-state index contributed by atoms with van der Waals surface area (Å²) in [6.07, 6.45) is 0.345. The molecule has 1 fully saturated rings. The number of nitriles is 1. The van der Waals surface area contributed by atoms with Gasteiger partial charge in [0.05, 0.1) is 29.2 Å². The van der Waals surface area contributed by atoms with Gasteiger partial charge in [0.2, 0.25) is 5.91 Å². The number of thioether (sulfide) groups is 1. The zero-order valence-electron chi connectivity index (χ0n) is 15.5. The van der Waals surface area contributed by atoms with Crippen LogP contribution in [0.5, 0.6) is 0 Å². The van der Waals surface area contributed by atoms with Gasteiger partial charge in [-0.25, -0.2) is 0 Å². The van der Waals surface area contributed by atoms with E-state index in [4.69, 9.17) is 0 Å². The number of nitrogens with zero attached hydrogens (tertiary/aromatic N) is 3. The fourth-order valence-corrected chi connectivity index (χ4v) is 4.73. The summed E-state index contributed by atoms with van der Waals surface area (Å²) in [4.78, 5) is 16.9. The van der Waals surface area contributed by atoms with E-state index in [1.54, 1.807) is 16.7 Å². The third-order valence-electron chi connectivity index (χ3n) is 5.17. The van der Waals surface area contributed by atoms with Gasteiger partial charge in [-0.1, -0.05) is 59.3 Å². The van der Waals surface area contributed by atoms with Crippen LogP contribution in [-0.2, 0) is 4.79 Å². The van der Waals surface area contributed by atoms with Crippen LogP contribution >= 0.6 is 11.8 Å². The van der Waals surface area contributed by atoms with Crippen LogP contribution < -0.4 is 4.90 Å². The number of aryl methyl sites for hydroxylation is 2. The Morgan fingerprint density at radius 1 is 1.04 bits per heavy atom. The summed E-state index contributed by atoms with van der Waals surface area (Å²) in [5.41, 5.74) is 5.24. The highest BCUT2D eigenvalue weighted by Gasteiger charge is 2.38. The van der Waals surface area contributed by atoms with E-state index >= 15 is 0 Å². The molecule has 2 aliphatic rings. The summed E-state index contributed by atoms with van der Waals surface area (Å²) >= 11 is 1.58. The van der Waals surface area contributed by atoms with Crippen molar-refractivity contribution in [3.05, 3.63) is 75.8 Å². The predicted molar refractivity (Wildman–Crippen MR) is 109 cm³/mol. The smallest absolute Gasteiger partial charge is 0.229 e. The number of benzene rings is 2. The molecule has 0 spiro atoms. The molecule has 1 saturated heterocycles. The molecule has 2 aliphatic heterocycles. The van der Waals surface area contributed by atoms with Gasteiger partial charge in [0.25, 0.3) is 0 Å². The van der Waals surface area contributed by atoms with Crippen molar-refractivity contribution in [1.82, 2.24) is 4.90 Å². The van der Waals surface area contributed by atoms with Crippen molar-refractivity contribution in [3.63, 3.8) is 0 Å². The minimum absolute atomic E-state index is 0.0823. The zero-order chi connectivity index (χ0) is 19.0. The van der Waals surface area contributed by atoms with Crippen LogP contribution in [-0.4, -0.2) is 23.4 Å². The van der Waals surface area contributed by atoms with E-state index < -0.39 is 0 Å². The Hall–Kier alpha value is -2.71. The lowest BCUT2D eigenvalue weighted by Gasteiger charge is -2.42. The van der Waals surface area contributed by atoms with E-state index in [9.17, 15) is 10.1 Å². The Morgan fingerprint density at radius 2 is 1.67 bits per heavy atom. The minimum atomic E-state index is -0.146. The lowest BCUT2D eigenvalue weighted by Crippen LogP contribution is -2.47. The highest BCUT2D eigenvalue weighted by atomic mass is 32.2. The Kier molecular flexibility index (Phi) is 4.67. The molecule has 1 atom stereocenters. The first-order chi connectivity index (χ1) is 13.1. The molecule has 0 aliphatic carbocycles. The van der Waals surface area contributed by atoms with Gasteiger partial charge in [0.1, 0.15) is 0 Å². The molecular formula is C22H21N3OS. The summed E-state index contributed by atoms with van der Waals surface area (Å²) in [6.45, 7) is 4.60. The molecule has 27 heavy (non-hydrogen) atoms. The van der Waals surface area contributed by atoms with Crippen molar-refractivity contribution in [1.29, 1.82) is 5.26 Å². The second kappa shape index (κ2) is 7.13. The molecule has 2 heterocycles. The van der Waals surface area contributed by atoms with Crippen molar-refractivity contribution in [2.75, 3.05) is 17.4 Å². The van der Waals surface area contributed by atoms with Crippen LogP contribution in [0.1, 0.15) is 29.0 Å². The average molecular weight is 375 g/mol. The quantitative estimate of drug-likeness (QED) is 0.774. The number of hydrogen-bond acceptors (Lipinski definition) is 4. The number of hydrogen-bond donors (Lipinski definition) is 0. The molecular weight excluding hydrogens is 354 g/mol. The number of fused-ring (bicyclic) bond motifs is 1. The van der Waals surface area contributed by atoms with Gasteiger partial charge < -0.3 is 4.90 Å². The molecule has 0 aromatic heterocycles. The van der Waals surface area contributed by atoms with Gasteiger partial charge in [-0.15, -0.1) is 0 Å².